The average Bonchev–Trinajstić information content (AvgIpc) is 2.86. The zero-order valence-electron chi connectivity index (χ0n) is 12.3. The first-order chi connectivity index (χ1) is 10.7. The van der Waals surface area contributed by atoms with E-state index in [0.717, 1.165) is 19.6 Å². The van der Waals surface area contributed by atoms with Gasteiger partial charge >= 0.3 is 0 Å². The molecular formula is C16H17N3O3. The van der Waals surface area contributed by atoms with Crippen molar-refractivity contribution in [3.05, 3.63) is 35.7 Å². The van der Waals surface area contributed by atoms with E-state index in [4.69, 9.17) is 9.15 Å². The van der Waals surface area contributed by atoms with Crippen LogP contribution in [0.2, 0.25) is 0 Å². The summed E-state index contributed by atoms with van der Waals surface area (Å²) >= 11 is 0. The molecule has 2 aromatic rings. The Balaban J connectivity index is 1.53. The minimum atomic E-state index is -0.113. The SMILES string of the molecule is Cc1nnc(-c2ccccc2C(=O)NC[C@@]23COC[C@@H]2C3)o1. The molecule has 1 aliphatic carbocycles. The summed E-state index contributed by atoms with van der Waals surface area (Å²) in [6, 6.07) is 7.28. The molecule has 2 fully saturated rings. The minimum absolute atomic E-state index is 0.113. The van der Waals surface area contributed by atoms with Gasteiger partial charge in [-0.3, -0.25) is 4.79 Å². The predicted molar refractivity (Wildman–Crippen MR) is 78.2 cm³/mol. The third-order valence-electron chi connectivity index (χ3n) is 4.60. The molecule has 22 heavy (non-hydrogen) atoms. The number of fused-ring (bicyclic) bond motifs is 1. The van der Waals surface area contributed by atoms with E-state index in [1.807, 2.05) is 18.2 Å². The third kappa shape index (κ3) is 2.20. The average molecular weight is 299 g/mol. The number of aromatic nitrogens is 2. The molecule has 0 radical (unpaired) electrons. The Morgan fingerprint density at radius 2 is 2.27 bits per heavy atom. The highest BCUT2D eigenvalue weighted by molar-refractivity contribution is 5.99. The normalized spacial score (nSPS) is 25.8. The van der Waals surface area contributed by atoms with Gasteiger partial charge < -0.3 is 14.5 Å². The second-order valence-corrected chi connectivity index (χ2v) is 6.13. The van der Waals surface area contributed by atoms with Crippen LogP contribution in [0.3, 0.4) is 0 Å². The Hall–Kier alpha value is -2.21. The third-order valence-corrected chi connectivity index (χ3v) is 4.60. The van der Waals surface area contributed by atoms with Gasteiger partial charge in [-0.1, -0.05) is 12.1 Å². The van der Waals surface area contributed by atoms with Gasteiger partial charge in [-0.05, 0) is 24.5 Å². The van der Waals surface area contributed by atoms with E-state index in [-0.39, 0.29) is 11.3 Å². The van der Waals surface area contributed by atoms with Crippen molar-refractivity contribution < 1.29 is 13.9 Å². The summed E-state index contributed by atoms with van der Waals surface area (Å²) in [5.41, 5.74) is 1.39. The van der Waals surface area contributed by atoms with Crippen LogP contribution in [-0.4, -0.2) is 35.9 Å². The Morgan fingerprint density at radius 3 is 2.95 bits per heavy atom. The molecule has 114 valence electrons. The van der Waals surface area contributed by atoms with Gasteiger partial charge in [-0.2, -0.15) is 0 Å². The van der Waals surface area contributed by atoms with E-state index in [2.05, 4.69) is 15.5 Å². The number of hydrogen-bond acceptors (Lipinski definition) is 5. The lowest BCUT2D eigenvalue weighted by Crippen LogP contribution is -2.32. The van der Waals surface area contributed by atoms with Gasteiger partial charge in [0, 0.05) is 18.9 Å². The fourth-order valence-electron chi connectivity index (χ4n) is 3.14. The van der Waals surface area contributed by atoms with Crippen LogP contribution >= 0.6 is 0 Å². The van der Waals surface area contributed by atoms with Crippen molar-refractivity contribution in [2.45, 2.75) is 13.3 Å². The molecule has 1 saturated carbocycles. The second-order valence-electron chi connectivity index (χ2n) is 6.13. The van der Waals surface area contributed by atoms with Gasteiger partial charge in [0.1, 0.15) is 0 Å². The maximum atomic E-state index is 12.5. The summed E-state index contributed by atoms with van der Waals surface area (Å²) in [5, 5.41) is 10.9. The molecule has 2 heterocycles. The zero-order chi connectivity index (χ0) is 15.2. The number of rotatable bonds is 4. The maximum absolute atomic E-state index is 12.5. The van der Waals surface area contributed by atoms with Crippen molar-refractivity contribution in [1.29, 1.82) is 0 Å². The number of carbonyl (C=O) groups is 1. The molecule has 1 aromatic carbocycles. The Kier molecular flexibility index (Phi) is 3.00. The van der Waals surface area contributed by atoms with Gasteiger partial charge in [0.25, 0.3) is 5.91 Å². The first-order valence-electron chi connectivity index (χ1n) is 7.43. The molecule has 1 saturated heterocycles. The Bertz CT molecular complexity index is 727. The lowest BCUT2D eigenvalue weighted by molar-refractivity contribution is 0.0934. The van der Waals surface area contributed by atoms with E-state index in [1.165, 1.54) is 0 Å². The molecule has 2 atom stereocenters. The monoisotopic (exact) mass is 299 g/mol. The topological polar surface area (TPSA) is 77.2 Å². The summed E-state index contributed by atoms with van der Waals surface area (Å²) < 4.78 is 10.9. The van der Waals surface area contributed by atoms with Crippen LogP contribution in [0, 0.1) is 18.3 Å². The number of nitrogens with one attached hydrogen (secondary N) is 1. The van der Waals surface area contributed by atoms with E-state index in [0.29, 0.717) is 35.4 Å². The number of carbonyl (C=O) groups excluding carboxylic acids is 1. The smallest absolute Gasteiger partial charge is 0.252 e. The van der Waals surface area contributed by atoms with Crippen molar-refractivity contribution >= 4 is 5.91 Å². The molecule has 1 amide bonds. The largest absolute Gasteiger partial charge is 0.421 e. The van der Waals surface area contributed by atoms with E-state index < -0.39 is 0 Å². The first-order valence-corrected chi connectivity index (χ1v) is 7.43. The van der Waals surface area contributed by atoms with Crippen molar-refractivity contribution in [2.24, 2.45) is 11.3 Å². The molecule has 0 bridgehead atoms. The molecule has 6 heteroatoms. The maximum Gasteiger partial charge on any atom is 0.252 e. The Morgan fingerprint density at radius 1 is 1.41 bits per heavy atom. The number of nitrogens with zero attached hydrogens (tertiary/aromatic N) is 2. The number of amides is 1. The lowest BCUT2D eigenvalue weighted by atomic mass is 10.0. The fourth-order valence-corrected chi connectivity index (χ4v) is 3.14. The molecule has 0 spiro atoms. The molecule has 0 unspecified atom stereocenters. The highest BCUT2D eigenvalue weighted by Crippen LogP contribution is 2.56. The molecule has 6 nitrogen and oxygen atoms in total. The zero-order valence-corrected chi connectivity index (χ0v) is 12.3. The first kappa shape index (κ1) is 13.5. The second kappa shape index (κ2) is 4.91. The minimum Gasteiger partial charge on any atom is -0.421 e. The summed E-state index contributed by atoms with van der Waals surface area (Å²) in [7, 11) is 0. The lowest BCUT2D eigenvalue weighted by Gasteiger charge is -2.13. The van der Waals surface area contributed by atoms with Crippen LogP contribution in [0.25, 0.3) is 11.5 Å². The molecule has 2 aliphatic rings. The van der Waals surface area contributed by atoms with Crippen molar-refractivity contribution in [1.82, 2.24) is 15.5 Å². The van der Waals surface area contributed by atoms with Crippen LogP contribution in [0.5, 0.6) is 0 Å². The van der Waals surface area contributed by atoms with Crippen LogP contribution in [0.15, 0.2) is 28.7 Å². The van der Waals surface area contributed by atoms with Crippen molar-refractivity contribution in [3.8, 4) is 11.5 Å². The van der Waals surface area contributed by atoms with Crippen LogP contribution < -0.4 is 5.32 Å². The summed E-state index contributed by atoms with van der Waals surface area (Å²) in [5.74, 6) is 1.35. The molecule has 4 rings (SSSR count). The van der Waals surface area contributed by atoms with E-state index >= 15 is 0 Å². The van der Waals surface area contributed by atoms with Gasteiger partial charge in [0.2, 0.25) is 11.8 Å². The van der Waals surface area contributed by atoms with Crippen LogP contribution in [0.4, 0.5) is 0 Å². The van der Waals surface area contributed by atoms with Gasteiger partial charge in [0.05, 0.1) is 24.3 Å². The molecular weight excluding hydrogens is 282 g/mol. The summed E-state index contributed by atoms with van der Waals surface area (Å²) in [4.78, 5) is 12.5. The number of hydrogen-bond donors (Lipinski definition) is 1. The Labute approximate surface area is 127 Å². The van der Waals surface area contributed by atoms with Crippen molar-refractivity contribution in [3.63, 3.8) is 0 Å². The van der Waals surface area contributed by atoms with E-state index in [1.54, 1.807) is 13.0 Å². The van der Waals surface area contributed by atoms with E-state index in [9.17, 15) is 4.79 Å². The highest BCUT2D eigenvalue weighted by atomic mass is 16.5. The van der Waals surface area contributed by atoms with Crippen LogP contribution in [0.1, 0.15) is 22.7 Å². The number of ether oxygens (including phenoxy) is 1. The number of aryl methyl sites for hydroxylation is 1. The number of benzene rings is 1. The molecule has 1 N–H and O–H groups in total. The van der Waals surface area contributed by atoms with Crippen LogP contribution in [-0.2, 0) is 4.74 Å². The molecule has 1 aromatic heterocycles. The highest BCUT2D eigenvalue weighted by Gasteiger charge is 2.58. The van der Waals surface area contributed by atoms with Gasteiger partial charge in [-0.25, -0.2) is 0 Å². The van der Waals surface area contributed by atoms with Gasteiger partial charge in [-0.15, -0.1) is 10.2 Å². The molecule has 1 aliphatic heterocycles. The quantitative estimate of drug-likeness (QED) is 0.931. The summed E-state index contributed by atoms with van der Waals surface area (Å²) in [6.45, 7) is 3.97. The van der Waals surface area contributed by atoms with Gasteiger partial charge in [0.15, 0.2) is 0 Å². The van der Waals surface area contributed by atoms with Crippen molar-refractivity contribution in [2.75, 3.05) is 19.8 Å². The predicted octanol–water partition coefficient (Wildman–Crippen LogP) is 1.81. The standard InChI is InChI=1S/C16H17N3O3/c1-10-18-19-15(22-10)13-5-3-2-4-12(13)14(20)17-8-16-6-11(16)7-21-9-16/h2-5,11H,6-9H2,1H3,(H,17,20)/t11-,16-/m0/s1. The fraction of sp³-hybridized carbons (Fsp3) is 0.438. The summed E-state index contributed by atoms with van der Waals surface area (Å²) in [6.07, 6.45) is 1.15.